The number of nitrogens with two attached hydrogens (primary N) is 1. The van der Waals surface area contributed by atoms with Crippen LogP contribution in [-0.2, 0) is 9.53 Å². The van der Waals surface area contributed by atoms with E-state index in [0.29, 0.717) is 6.42 Å². The van der Waals surface area contributed by atoms with Crippen molar-refractivity contribution in [3.8, 4) is 0 Å². The van der Waals surface area contributed by atoms with Gasteiger partial charge in [-0.05, 0) is 26.2 Å². The van der Waals surface area contributed by atoms with Crippen LogP contribution in [-0.4, -0.2) is 17.6 Å². The van der Waals surface area contributed by atoms with E-state index in [1.807, 2.05) is 6.92 Å². The van der Waals surface area contributed by atoms with Crippen molar-refractivity contribution in [3.05, 3.63) is 0 Å². The molecule has 1 fully saturated rings. The molecule has 94 valence electrons. The second-order valence-corrected chi connectivity index (χ2v) is 5.19. The first-order chi connectivity index (χ1) is 7.56. The average Bonchev–Trinajstić information content (AvgIpc) is 2.17. The van der Waals surface area contributed by atoms with Crippen molar-refractivity contribution in [2.45, 2.75) is 76.9 Å². The molecular formula is C13H25NO2. The van der Waals surface area contributed by atoms with Crippen molar-refractivity contribution in [2.75, 3.05) is 0 Å². The van der Waals surface area contributed by atoms with Crippen molar-refractivity contribution < 1.29 is 9.53 Å². The van der Waals surface area contributed by atoms with Crippen LogP contribution in [0.5, 0.6) is 0 Å². The zero-order chi connectivity index (χ0) is 12.0. The molecule has 0 aliphatic heterocycles. The van der Waals surface area contributed by atoms with E-state index in [0.717, 1.165) is 38.5 Å². The number of rotatable bonds is 5. The van der Waals surface area contributed by atoms with Crippen LogP contribution in [0.15, 0.2) is 0 Å². The Kier molecular flexibility index (Phi) is 5.26. The van der Waals surface area contributed by atoms with Gasteiger partial charge in [-0.25, -0.2) is 0 Å². The lowest BCUT2D eigenvalue weighted by Gasteiger charge is -2.32. The maximum atomic E-state index is 11.7. The molecule has 0 spiro atoms. The van der Waals surface area contributed by atoms with Crippen LogP contribution in [0.25, 0.3) is 0 Å². The Hall–Kier alpha value is -0.570. The summed E-state index contributed by atoms with van der Waals surface area (Å²) in [6.45, 7) is 4.04. The number of ether oxygens (including phenoxy) is 1. The molecule has 1 saturated carbocycles. The third kappa shape index (κ3) is 4.52. The maximum absolute atomic E-state index is 11.7. The molecule has 0 amide bonds. The van der Waals surface area contributed by atoms with Crippen molar-refractivity contribution in [2.24, 2.45) is 5.73 Å². The quantitative estimate of drug-likeness (QED) is 0.735. The molecule has 0 aromatic carbocycles. The largest absolute Gasteiger partial charge is 0.463 e. The van der Waals surface area contributed by atoms with Crippen LogP contribution in [0, 0.1) is 0 Å². The minimum Gasteiger partial charge on any atom is -0.463 e. The predicted octanol–water partition coefficient (Wildman–Crippen LogP) is 2.77. The first-order valence-corrected chi connectivity index (χ1v) is 6.54. The Balaban J connectivity index is 2.32. The topological polar surface area (TPSA) is 52.3 Å². The molecule has 3 heteroatoms. The van der Waals surface area contributed by atoms with Gasteiger partial charge in [0, 0.05) is 5.54 Å². The fourth-order valence-corrected chi connectivity index (χ4v) is 2.45. The van der Waals surface area contributed by atoms with Gasteiger partial charge in [0.15, 0.2) is 0 Å². The number of carbonyl (C=O) groups is 1. The third-order valence-corrected chi connectivity index (χ3v) is 3.37. The van der Waals surface area contributed by atoms with Gasteiger partial charge in [-0.2, -0.15) is 0 Å². The summed E-state index contributed by atoms with van der Waals surface area (Å²) in [7, 11) is 0. The van der Waals surface area contributed by atoms with Gasteiger partial charge in [0.2, 0.25) is 0 Å². The molecule has 0 heterocycles. The molecule has 0 radical (unpaired) electrons. The van der Waals surface area contributed by atoms with Gasteiger partial charge >= 0.3 is 5.97 Å². The van der Waals surface area contributed by atoms with Crippen LogP contribution in [0.3, 0.4) is 0 Å². The summed E-state index contributed by atoms with van der Waals surface area (Å²) in [5.41, 5.74) is 5.92. The molecule has 2 N–H and O–H groups in total. The predicted molar refractivity (Wildman–Crippen MR) is 65.1 cm³/mol. The molecule has 1 rings (SSSR count). The second-order valence-electron chi connectivity index (χ2n) is 5.19. The lowest BCUT2D eigenvalue weighted by atomic mass is 9.80. The van der Waals surface area contributed by atoms with E-state index in [1.165, 1.54) is 6.42 Å². The molecule has 0 bridgehead atoms. The Bertz CT molecular complexity index is 222. The molecule has 1 aliphatic rings. The smallest absolute Gasteiger partial charge is 0.307 e. The first kappa shape index (κ1) is 13.5. The van der Waals surface area contributed by atoms with E-state index in [9.17, 15) is 4.79 Å². The molecule has 1 atom stereocenters. The van der Waals surface area contributed by atoms with Crippen molar-refractivity contribution in [3.63, 3.8) is 0 Å². The highest BCUT2D eigenvalue weighted by Gasteiger charge is 2.31. The van der Waals surface area contributed by atoms with Crippen LogP contribution >= 0.6 is 0 Å². The van der Waals surface area contributed by atoms with E-state index in [-0.39, 0.29) is 17.6 Å². The van der Waals surface area contributed by atoms with Crippen molar-refractivity contribution >= 4 is 5.97 Å². The van der Waals surface area contributed by atoms with Gasteiger partial charge in [0.05, 0.1) is 12.5 Å². The van der Waals surface area contributed by atoms with Crippen LogP contribution in [0.1, 0.15) is 65.2 Å². The van der Waals surface area contributed by atoms with E-state index >= 15 is 0 Å². The number of hydrogen-bond acceptors (Lipinski definition) is 3. The van der Waals surface area contributed by atoms with E-state index in [2.05, 4.69) is 6.92 Å². The monoisotopic (exact) mass is 227 g/mol. The van der Waals surface area contributed by atoms with Crippen LogP contribution in [0.2, 0.25) is 0 Å². The number of hydrogen-bond donors (Lipinski definition) is 1. The van der Waals surface area contributed by atoms with Gasteiger partial charge in [-0.15, -0.1) is 0 Å². The van der Waals surface area contributed by atoms with Crippen molar-refractivity contribution in [1.82, 2.24) is 0 Å². The summed E-state index contributed by atoms with van der Waals surface area (Å²) in [6.07, 6.45) is 7.87. The van der Waals surface area contributed by atoms with E-state index in [1.54, 1.807) is 0 Å². The zero-order valence-corrected chi connectivity index (χ0v) is 10.6. The van der Waals surface area contributed by atoms with Gasteiger partial charge in [-0.1, -0.05) is 32.6 Å². The van der Waals surface area contributed by atoms with Gasteiger partial charge in [-0.3, -0.25) is 4.79 Å². The molecular weight excluding hydrogens is 202 g/mol. The van der Waals surface area contributed by atoms with E-state index in [4.69, 9.17) is 10.5 Å². The van der Waals surface area contributed by atoms with Gasteiger partial charge in [0.1, 0.15) is 0 Å². The highest BCUT2D eigenvalue weighted by Crippen LogP contribution is 2.29. The molecule has 16 heavy (non-hydrogen) atoms. The average molecular weight is 227 g/mol. The summed E-state index contributed by atoms with van der Waals surface area (Å²) in [4.78, 5) is 11.7. The minimum absolute atomic E-state index is 0.0321. The standard InChI is InChI=1S/C13H25NO2/c1-3-7-11(2)16-12(15)10-13(14)8-5-4-6-9-13/h11H,3-10,14H2,1-2H3. The summed E-state index contributed by atoms with van der Waals surface area (Å²) >= 11 is 0. The highest BCUT2D eigenvalue weighted by atomic mass is 16.5. The molecule has 1 unspecified atom stereocenters. The number of carbonyl (C=O) groups excluding carboxylic acids is 1. The van der Waals surface area contributed by atoms with Crippen LogP contribution < -0.4 is 5.73 Å². The van der Waals surface area contributed by atoms with Gasteiger partial charge in [0.25, 0.3) is 0 Å². The number of esters is 1. The molecule has 0 saturated heterocycles. The Morgan fingerprint density at radius 2 is 2.00 bits per heavy atom. The second kappa shape index (κ2) is 6.24. The first-order valence-electron chi connectivity index (χ1n) is 6.54. The zero-order valence-electron chi connectivity index (χ0n) is 10.6. The lowest BCUT2D eigenvalue weighted by molar-refractivity contribution is -0.150. The minimum atomic E-state index is -0.290. The summed E-state index contributed by atoms with van der Waals surface area (Å²) in [5.74, 6) is -0.120. The normalized spacial score (nSPS) is 21.4. The Labute approximate surface area is 98.7 Å². The Morgan fingerprint density at radius 3 is 2.56 bits per heavy atom. The fourth-order valence-electron chi connectivity index (χ4n) is 2.45. The van der Waals surface area contributed by atoms with E-state index < -0.39 is 0 Å². The SMILES string of the molecule is CCCC(C)OC(=O)CC1(N)CCCCC1. The Morgan fingerprint density at radius 1 is 1.38 bits per heavy atom. The lowest BCUT2D eigenvalue weighted by Crippen LogP contribution is -2.44. The molecule has 1 aliphatic carbocycles. The highest BCUT2D eigenvalue weighted by molar-refractivity contribution is 5.71. The molecule has 0 aromatic rings. The molecule has 3 nitrogen and oxygen atoms in total. The summed E-state index contributed by atoms with van der Waals surface area (Å²) in [6, 6.07) is 0. The molecule has 0 aromatic heterocycles. The summed E-state index contributed by atoms with van der Waals surface area (Å²) in [5, 5.41) is 0. The van der Waals surface area contributed by atoms with Crippen molar-refractivity contribution in [1.29, 1.82) is 0 Å². The van der Waals surface area contributed by atoms with Gasteiger partial charge < -0.3 is 10.5 Å². The third-order valence-electron chi connectivity index (χ3n) is 3.37. The maximum Gasteiger partial charge on any atom is 0.307 e. The summed E-state index contributed by atoms with van der Waals surface area (Å²) < 4.78 is 5.34. The fraction of sp³-hybridized carbons (Fsp3) is 0.923. The van der Waals surface area contributed by atoms with Crippen LogP contribution in [0.4, 0.5) is 0 Å².